The molecule has 1 rings (SSSR count). The second-order valence-corrected chi connectivity index (χ2v) is 6.63. The lowest BCUT2D eigenvalue weighted by Gasteiger charge is -2.15. The Balaban J connectivity index is 2.97. The first kappa shape index (κ1) is 16.6. The van der Waals surface area contributed by atoms with Crippen LogP contribution in [0.15, 0.2) is 23.1 Å². The van der Waals surface area contributed by atoms with Crippen molar-refractivity contribution in [3.63, 3.8) is 0 Å². The lowest BCUT2D eigenvalue weighted by atomic mass is 10.1. The first-order chi connectivity index (χ1) is 9.09. The van der Waals surface area contributed by atoms with Gasteiger partial charge in [-0.05, 0) is 37.5 Å². The van der Waals surface area contributed by atoms with E-state index in [1.807, 2.05) is 13.8 Å². The Morgan fingerprint density at radius 3 is 2.40 bits per heavy atom. The number of halogens is 1. The number of benzene rings is 1. The molecule has 5 nitrogen and oxygen atoms in total. The largest absolute Gasteiger partial charge is 0.459 e. The van der Waals surface area contributed by atoms with Crippen LogP contribution in [0.1, 0.15) is 37.6 Å². The molecule has 0 saturated heterocycles. The Kier molecular flexibility index (Phi) is 5.24. The Hall–Kier alpha value is -1.47. The molecule has 0 amide bonds. The SMILES string of the molecule is CC(C)CC(C)OC(=O)c1cc(F)cc(S(N)(=O)=O)c1. The number of sulfonamides is 1. The zero-order chi connectivity index (χ0) is 15.5. The highest BCUT2D eigenvalue weighted by Gasteiger charge is 2.18. The van der Waals surface area contributed by atoms with Crippen LogP contribution < -0.4 is 5.14 Å². The van der Waals surface area contributed by atoms with E-state index in [1.165, 1.54) is 0 Å². The molecule has 1 aromatic rings. The van der Waals surface area contributed by atoms with E-state index < -0.39 is 26.7 Å². The molecule has 0 bridgehead atoms. The molecule has 1 unspecified atom stereocenters. The molecule has 1 aromatic carbocycles. The van der Waals surface area contributed by atoms with Gasteiger partial charge in [-0.2, -0.15) is 0 Å². The summed E-state index contributed by atoms with van der Waals surface area (Å²) in [7, 11) is -4.08. The first-order valence-electron chi connectivity index (χ1n) is 6.14. The van der Waals surface area contributed by atoms with Crippen LogP contribution in [0.2, 0.25) is 0 Å². The number of nitrogens with two attached hydrogens (primary N) is 1. The van der Waals surface area contributed by atoms with Crippen molar-refractivity contribution < 1.29 is 22.3 Å². The van der Waals surface area contributed by atoms with Crippen LogP contribution in [0.4, 0.5) is 4.39 Å². The van der Waals surface area contributed by atoms with Gasteiger partial charge in [0.15, 0.2) is 0 Å². The summed E-state index contributed by atoms with van der Waals surface area (Å²) in [5, 5.41) is 4.92. The first-order valence-corrected chi connectivity index (χ1v) is 7.68. The summed E-state index contributed by atoms with van der Waals surface area (Å²) in [5.41, 5.74) is -0.176. The Labute approximate surface area is 118 Å². The number of primary sulfonamides is 1. The van der Waals surface area contributed by atoms with Crippen molar-refractivity contribution in [2.24, 2.45) is 11.1 Å². The van der Waals surface area contributed by atoms with Crippen molar-refractivity contribution >= 4 is 16.0 Å². The summed E-state index contributed by atoms with van der Waals surface area (Å²) in [6.45, 7) is 5.68. The van der Waals surface area contributed by atoms with Gasteiger partial charge in [0.1, 0.15) is 5.82 Å². The van der Waals surface area contributed by atoms with Gasteiger partial charge >= 0.3 is 5.97 Å². The lowest BCUT2D eigenvalue weighted by molar-refractivity contribution is 0.0299. The van der Waals surface area contributed by atoms with Crippen molar-refractivity contribution in [2.75, 3.05) is 0 Å². The van der Waals surface area contributed by atoms with Gasteiger partial charge in [0.05, 0.1) is 16.6 Å². The van der Waals surface area contributed by atoms with Gasteiger partial charge in [-0.15, -0.1) is 0 Å². The van der Waals surface area contributed by atoms with Gasteiger partial charge in [-0.25, -0.2) is 22.7 Å². The van der Waals surface area contributed by atoms with Crippen LogP contribution in [0.3, 0.4) is 0 Å². The lowest BCUT2D eigenvalue weighted by Crippen LogP contribution is -2.18. The van der Waals surface area contributed by atoms with E-state index >= 15 is 0 Å². The highest BCUT2D eigenvalue weighted by molar-refractivity contribution is 7.89. The normalized spacial score (nSPS) is 13.3. The highest BCUT2D eigenvalue weighted by Crippen LogP contribution is 2.16. The van der Waals surface area contributed by atoms with Crippen LogP contribution in [0, 0.1) is 11.7 Å². The number of rotatable bonds is 5. The minimum Gasteiger partial charge on any atom is -0.459 e. The number of hydrogen-bond acceptors (Lipinski definition) is 4. The van der Waals surface area contributed by atoms with Gasteiger partial charge < -0.3 is 4.74 Å². The Morgan fingerprint density at radius 2 is 1.90 bits per heavy atom. The molecule has 0 aliphatic carbocycles. The maximum atomic E-state index is 13.3. The summed E-state index contributed by atoms with van der Waals surface area (Å²) in [6.07, 6.45) is 0.312. The van der Waals surface area contributed by atoms with Crippen LogP contribution in [-0.4, -0.2) is 20.5 Å². The summed E-state index contributed by atoms with van der Waals surface area (Å²) in [5.74, 6) is -1.30. The molecule has 0 aliphatic rings. The van der Waals surface area contributed by atoms with Gasteiger partial charge in [-0.1, -0.05) is 13.8 Å². The summed E-state index contributed by atoms with van der Waals surface area (Å²) in [4.78, 5) is 11.4. The zero-order valence-electron chi connectivity index (χ0n) is 11.6. The van der Waals surface area contributed by atoms with Crippen LogP contribution in [0.25, 0.3) is 0 Å². The average Bonchev–Trinajstić information content (AvgIpc) is 2.25. The van der Waals surface area contributed by atoms with Crippen molar-refractivity contribution in [1.82, 2.24) is 0 Å². The van der Waals surface area contributed by atoms with Crippen LogP contribution in [-0.2, 0) is 14.8 Å². The quantitative estimate of drug-likeness (QED) is 0.844. The molecule has 0 saturated carbocycles. The summed E-state index contributed by atoms with van der Waals surface area (Å²) in [6, 6.07) is 2.67. The second-order valence-electron chi connectivity index (χ2n) is 5.07. The number of carbonyl (C=O) groups is 1. The minimum atomic E-state index is -4.08. The molecule has 0 aliphatic heterocycles. The second kappa shape index (κ2) is 6.32. The van der Waals surface area contributed by atoms with Gasteiger partial charge in [0.25, 0.3) is 0 Å². The van der Waals surface area contributed by atoms with E-state index in [0.717, 1.165) is 18.2 Å². The molecule has 0 fully saturated rings. The molecule has 0 radical (unpaired) electrons. The number of carbonyl (C=O) groups excluding carboxylic acids is 1. The number of hydrogen-bond donors (Lipinski definition) is 1. The zero-order valence-corrected chi connectivity index (χ0v) is 12.4. The average molecular weight is 303 g/mol. The third-order valence-electron chi connectivity index (χ3n) is 2.55. The van der Waals surface area contributed by atoms with Crippen molar-refractivity contribution in [3.05, 3.63) is 29.6 Å². The van der Waals surface area contributed by atoms with Gasteiger partial charge in [0.2, 0.25) is 10.0 Å². The third-order valence-corrected chi connectivity index (χ3v) is 3.44. The third kappa shape index (κ3) is 4.90. The van der Waals surface area contributed by atoms with E-state index in [4.69, 9.17) is 9.88 Å². The Bertz CT molecular complexity index is 598. The predicted molar refractivity (Wildman–Crippen MR) is 72.1 cm³/mol. The number of ether oxygens (including phenoxy) is 1. The van der Waals surface area contributed by atoms with Crippen molar-refractivity contribution in [1.29, 1.82) is 0 Å². The van der Waals surface area contributed by atoms with E-state index in [2.05, 4.69) is 0 Å². The molecule has 20 heavy (non-hydrogen) atoms. The molecule has 112 valence electrons. The van der Waals surface area contributed by atoms with E-state index in [-0.39, 0.29) is 11.7 Å². The fraction of sp³-hybridized carbons (Fsp3) is 0.462. The summed E-state index contributed by atoms with van der Waals surface area (Å²) < 4.78 is 40.8. The maximum Gasteiger partial charge on any atom is 0.338 e. The standard InChI is InChI=1S/C13H18FNO4S/c1-8(2)4-9(3)19-13(16)10-5-11(14)7-12(6-10)20(15,17)18/h5-9H,4H2,1-3H3,(H2,15,17,18). The van der Waals surface area contributed by atoms with Gasteiger partial charge in [-0.3, -0.25) is 0 Å². The monoisotopic (exact) mass is 303 g/mol. The molecule has 7 heteroatoms. The molecule has 1 atom stereocenters. The van der Waals surface area contributed by atoms with Gasteiger partial charge in [0, 0.05) is 0 Å². The molecular weight excluding hydrogens is 285 g/mol. The minimum absolute atomic E-state index is 0.176. The predicted octanol–water partition coefficient (Wildman–Crippen LogP) is 2.06. The fourth-order valence-electron chi connectivity index (χ4n) is 1.81. The van der Waals surface area contributed by atoms with Crippen molar-refractivity contribution in [3.8, 4) is 0 Å². The van der Waals surface area contributed by atoms with E-state index in [1.54, 1.807) is 6.92 Å². The highest BCUT2D eigenvalue weighted by atomic mass is 32.2. The number of esters is 1. The maximum absolute atomic E-state index is 13.3. The molecular formula is C13H18FNO4S. The van der Waals surface area contributed by atoms with Crippen molar-refractivity contribution in [2.45, 2.75) is 38.2 Å². The van der Waals surface area contributed by atoms with Crippen LogP contribution >= 0.6 is 0 Å². The van der Waals surface area contributed by atoms with Crippen LogP contribution in [0.5, 0.6) is 0 Å². The topological polar surface area (TPSA) is 86.5 Å². The summed E-state index contributed by atoms with van der Waals surface area (Å²) >= 11 is 0. The molecule has 0 aromatic heterocycles. The molecule has 0 spiro atoms. The fourth-order valence-corrected chi connectivity index (χ4v) is 2.38. The molecule has 0 heterocycles. The Morgan fingerprint density at radius 1 is 1.30 bits per heavy atom. The van der Waals surface area contributed by atoms with E-state index in [0.29, 0.717) is 12.3 Å². The van der Waals surface area contributed by atoms with E-state index in [9.17, 15) is 17.6 Å². The molecule has 2 N–H and O–H groups in total. The smallest absolute Gasteiger partial charge is 0.338 e.